The van der Waals surface area contributed by atoms with Crippen molar-refractivity contribution in [3.05, 3.63) is 41.7 Å². The molecule has 0 amide bonds. The first-order valence-electron chi connectivity index (χ1n) is 8.46. The number of halogens is 4. The summed E-state index contributed by atoms with van der Waals surface area (Å²) in [6.07, 6.45) is -2.70. The number of nitrogens with one attached hydrogen (secondary N) is 1. The molecule has 0 aliphatic carbocycles. The Bertz CT molecular complexity index is 746. The second-order valence-electron chi connectivity index (χ2n) is 6.60. The molecule has 3 rings (SSSR count). The summed E-state index contributed by atoms with van der Waals surface area (Å²) in [6.45, 7) is 1.75. The molecule has 2 heterocycles. The Morgan fingerprint density at radius 3 is 2.58 bits per heavy atom. The van der Waals surface area contributed by atoms with Gasteiger partial charge in [0.1, 0.15) is 11.6 Å². The number of likely N-dealkylation sites (tertiary alicyclic amines) is 1. The van der Waals surface area contributed by atoms with Gasteiger partial charge in [-0.1, -0.05) is 0 Å². The number of aromatic nitrogens is 2. The van der Waals surface area contributed by atoms with Crippen molar-refractivity contribution in [1.29, 1.82) is 0 Å². The summed E-state index contributed by atoms with van der Waals surface area (Å²) < 4.78 is 50.8. The number of nitrogens with zero attached hydrogens (tertiary/aromatic N) is 3. The lowest BCUT2D eigenvalue weighted by Crippen LogP contribution is -2.45. The van der Waals surface area contributed by atoms with Gasteiger partial charge in [-0.05, 0) is 62.2 Å². The highest BCUT2D eigenvalue weighted by Gasteiger charge is 2.33. The van der Waals surface area contributed by atoms with Crippen LogP contribution >= 0.6 is 0 Å². The number of rotatable bonds is 4. The molecule has 26 heavy (non-hydrogen) atoms. The minimum Gasteiger partial charge on any atom is -0.365 e. The molecular weight excluding hydrogens is 348 g/mol. The molecule has 1 N–H and O–H groups in total. The van der Waals surface area contributed by atoms with E-state index in [1.54, 1.807) is 12.1 Å². The average molecular weight is 368 g/mol. The first-order valence-corrected chi connectivity index (χ1v) is 8.46. The fraction of sp³-hybridized carbons (Fsp3) is 0.444. The Morgan fingerprint density at radius 2 is 1.92 bits per heavy atom. The molecule has 1 saturated heterocycles. The van der Waals surface area contributed by atoms with Gasteiger partial charge in [-0.25, -0.2) is 4.39 Å². The van der Waals surface area contributed by atoms with Gasteiger partial charge in [-0.3, -0.25) is 4.90 Å². The fourth-order valence-electron chi connectivity index (χ4n) is 3.23. The van der Waals surface area contributed by atoms with Gasteiger partial charge in [0, 0.05) is 18.2 Å². The molecule has 140 valence electrons. The number of benzene rings is 1. The molecule has 1 aliphatic rings. The zero-order chi connectivity index (χ0) is 18.7. The number of hydrogen-bond donors (Lipinski definition) is 1. The third-order valence-electron chi connectivity index (χ3n) is 4.36. The highest BCUT2D eigenvalue weighted by atomic mass is 19.4. The van der Waals surface area contributed by atoms with Gasteiger partial charge in [-0.2, -0.15) is 13.2 Å². The van der Waals surface area contributed by atoms with Crippen LogP contribution in [0.5, 0.6) is 0 Å². The Morgan fingerprint density at radius 1 is 1.19 bits per heavy atom. The van der Waals surface area contributed by atoms with Crippen molar-refractivity contribution in [3.8, 4) is 11.3 Å². The van der Waals surface area contributed by atoms with Crippen molar-refractivity contribution in [2.45, 2.75) is 32.0 Å². The van der Waals surface area contributed by atoms with Gasteiger partial charge in [0.05, 0.1) is 12.2 Å². The van der Waals surface area contributed by atoms with E-state index in [1.165, 1.54) is 17.0 Å². The van der Waals surface area contributed by atoms with Gasteiger partial charge >= 0.3 is 6.18 Å². The molecular formula is C18H20F4N4. The molecule has 8 heteroatoms. The van der Waals surface area contributed by atoms with Crippen molar-refractivity contribution >= 4 is 5.82 Å². The molecule has 1 fully saturated rings. The summed E-state index contributed by atoms with van der Waals surface area (Å²) in [5.41, 5.74) is 2.27. The Labute approximate surface area is 149 Å². The Hall–Kier alpha value is -2.22. The van der Waals surface area contributed by atoms with Crippen molar-refractivity contribution in [1.82, 2.24) is 15.1 Å². The van der Waals surface area contributed by atoms with Gasteiger partial charge in [0.2, 0.25) is 0 Å². The maximum absolute atomic E-state index is 13.0. The third kappa shape index (κ3) is 4.91. The van der Waals surface area contributed by atoms with E-state index in [-0.39, 0.29) is 11.9 Å². The molecule has 0 saturated carbocycles. The van der Waals surface area contributed by atoms with E-state index in [1.807, 2.05) is 13.0 Å². The predicted molar refractivity (Wildman–Crippen MR) is 91.3 cm³/mol. The largest absolute Gasteiger partial charge is 0.401 e. The molecule has 0 spiro atoms. The van der Waals surface area contributed by atoms with Crippen LogP contribution in [0.3, 0.4) is 0 Å². The van der Waals surface area contributed by atoms with Crippen LogP contribution in [0.2, 0.25) is 0 Å². The zero-order valence-electron chi connectivity index (χ0n) is 14.4. The molecule has 2 aromatic rings. The number of anilines is 1. The van der Waals surface area contributed by atoms with Crippen LogP contribution in [0.4, 0.5) is 23.4 Å². The SMILES string of the molecule is Cc1cc(N[C@@H]2CCCN(CC(F)(F)F)C2)nnc1-c1ccc(F)cc1. The lowest BCUT2D eigenvalue weighted by molar-refractivity contribution is -0.147. The van der Waals surface area contributed by atoms with E-state index in [2.05, 4.69) is 15.5 Å². The third-order valence-corrected chi connectivity index (χ3v) is 4.36. The molecule has 1 aromatic heterocycles. The van der Waals surface area contributed by atoms with Gasteiger partial charge < -0.3 is 5.32 Å². The van der Waals surface area contributed by atoms with Crippen LogP contribution in [-0.2, 0) is 0 Å². The predicted octanol–water partition coefficient (Wildman–Crippen LogP) is 4.03. The zero-order valence-corrected chi connectivity index (χ0v) is 14.4. The molecule has 1 aromatic carbocycles. The highest BCUT2D eigenvalue weighted by Crippen LogP contribution is 2.24. The van der Waals surface area contributed by atoms with Gasteiger partial charge in [0.15, 0.2) is 0 Å². The van der Waals surface area contributed by atoms with E-state index in [0.29, 0.717) is 31.0 Å². The standard InChI is InChI=1S/C18H20F4N4/c1-12-9-16(24-25-17(12)13-4-6-14(19)7-5-13)23-15-3-2-8-26(10-15)11-18(20,21)22/h4-7,9,15H,2-3,8,10-11H2,1H3,(H,23,24)/t15-/m1/s1. The number of piperidine rings is 1. The van der Waals surface area contributed by atoms with Crippen LogP contribution in [0.25, 0.3) is 11.3 Å². The minimum atomic E-state index is -4.19. The Balaban J connectivity index is 1.67. The summed E-state index contributed by atoms with van der Waals surface area (Å²) in [5.74, 6) is 0.213. The lowest BCUT2D eigenvalue weighted by Gasteiger charge is -2.33. The highest BCUT2D eigenvalue weighted by molar-refractivity contribution is 5.63. The first-order chi connectivity index (χ1) is 12.3. The number of alkyl halides is 3. The van der Waals surface area contributed by atoms with Crippen molar-refractivity contribution < 1.29 is 17.6 Å². The van der Waals surface area contributed by atoms with Crippen LogP contribution in [0.15, 0.2) is 30.3 Å². The molecule has 1 atom stereocenters. The van der Waals surface area contributed by atoms with Gasteiger partial charge in [-0.15, -0.1) is 10.2 Å². The van der Waals surface area contributed by atoms with E-state index >= 15 is 0 Å². The lowest BCUT2D eigenvalue weighted by atomic mass is 10.1. The summed E-state index contributed by atoms with van der Waals surface area (Å²) >= 11 is 0. The van der Waals surface area contributed by atoms with Crippen molar-refractivity contribution in [3.63, 3.8) is 0 Å². The maximum Gasteiger partial charge on any atom is 0.401 e. The monoisotopic (exact) mass is 368 g/mol. The van der Waals surface area contributed by atoms with E-state index < -0.39 is 12.7 Å². The fourth-order valence-corrected chi connectivity index (χ4v) is 3.23. The summed E-state index contributed by atoms with van der Waals surface area (Å²) in [5, 5.41) is 11.5. The normalized spacial score (nSPS) is 18.7. The van der Waals surface area contributed by atoms with E-state index in [0.717, 1.165) is 17.5 Å². The summed E-state index contributed by atoms with van der Waals surface area (Å²) in [4.78, 5) is 1.41. The minimum absolute atomic E-state index is 0.100. The quantitative estimate of drug-likeness (QED) is 0.828. The van der Waals surface area contributed by atoms with Crippen molar-refractivity contribution in [2.75, 3.05) is 25.0 Å². The average Bonchev–Trinajstić information content (AvgIpc) is 2.55. The second kappa shape index (κ2) is 7.57. The number of aryl methyl sites for hydroxylation is 1. The van der Waals surface area contributed by atoms with Crippen molar-refractivity contribution in [2.24, 2.45) is 0 Å². The second-order valence-corrected chi connectivity index (χ2v) is 6.60. The molecule has 4 nitrogen and oxygen atoms in total. The van der Waals surface area contributed by atoms with E-state index in [9.17, 15) is 17.6 Å². The topological polar surface area (TPSA) is 41.0 Å². The molecule has 0 bridgehead atoms. The number of hydrogen-bond acceptors (Lipinski definition) is 4. The van der Waals surface area contributed by atoms with E-state index in [4.69, 9.17) is 0 Å². The molecule has 0 unspecified atom stereocenters. The summed E-state index contributed by atoms with van der Waals surface area (Å²) in [6, 6.07) is 7.70. The molecule has 0 radical (unpaired) electrons. The summed E-state index contributed by atoms with van der Waals surface area (Å²) in [7, 11) is 0. The maximum atomic E-state index is 13.0. The first kappa shape index (κ1) is 18.6. The van der Waals surface area contributed by atoms with Crippen LogP contribution in [-0.4, -0.2) is 46.9 Å². The van der Waals surface area contributed by atoms with Gasteiger partial charge in [0.25, 0.3) is 0 Å². The molecule has 1 aliphatic heterocycles. The Kier molecular flexibility index (Phi) is 5.41. The van der Waals surface area contributed by atoms with Crippen LogP contribution in [0.1, 0.15) is 18.4 Å². The smallest absolute Gasteiger partial charge is 0.365 e. The van der Waals surface area contributed by atoms with Crippen LogP contribution in [0, 0.1) is 12.7 Å². The van der Waals surface area contributed by atoms with Crippen LogP contribution < -0.4 is 5.32 Å².